The third-order valence-corrected chi connectivity index (χ3v) is 4.70. The highest BCUT2D eigenvalue weighted by molar-refractivity contribution is 14.1. The van der Waals surface area contributed by atoms with Crippen molar-refractivity contribution in [2.45, 2.75) is 0 Å². The minimum absolute atomic E-state index is 0.819. The molecular weight excluding hydrogens is 347 g/mol. The molecule has 0 heterocycles. The van der Waals surface area contributed by atoms with Crippen LogP contribution in [0.4, 0.5) is 11.4 Å². The smallest absolute Gasteiger partial charge is 0.0530 e. The number of halogens is 1. The van der Waals surface area contributed by atoms with Crippen LogP contribution in [0.1, 0.15) is 0 Å². The fourth-order valence-electron chi connectivity index (χ4n) is 2.89. The monoisotopic (exact) mass is 358 g/mol. The molecule has 0 bridgehead atoms. The number of nitrogen functional groups attached to an aromatic ring is 2. The molecule has 0 aromatic heterocycles. The molecule has 19 heavy (non-hydrogen) atoms. The standard InChI is InChI=1S/C16H11IN2/c17-12-7-9-2-4-10-13(18)6-3-8-1-5-11(16(12)19)15(9)14(8)10/h1-7H,18-19H2. The van der Waals surface area contributed by atoms with Crippen molar-refractivity contribution in [2.24, 2.45) is 0 Å². The molecule has 0 aliphatic rings. The Kier molecular flexibility index (Phi) is 2.12. The Morgan fingerprint density at radius 2 is 1.37 bits per heavy atom. The summed E-state index contributed by atoms with van der Waals surface area (Å²) in [5.74, 6) is 0. The summed E-state index contributed by atoms with van der Waals surface area (Å²) in [6.07, 6.45) is 0. The van der Waals surface area contributed by atoms with Gasteiger partial charge in [-0.25, -0.2) is 0 Å². The maximum Gasteiger partial charge on any atom is 0.0530 e. The molecule has 0 spiro atoms. The molecule has 0 unspecified atom stereocenters. The van der Waals surface area contributed by atoms with Crippen LogP contribution < -0.4 is 11.5 Å². The van der Waals surface area contributed by atoms with Crippen molar-refractivity contribution >= 4 is 66.3 Å². The summed E-state index contributed by atoms with van der Waals surface area (Å²) in [4.78, 5) is 0. The van der Waals surface area contributed by atoms with Crippen LogP contribution in [0.15, 0.2) is 42.5 Å². The van der Waals surface area contributed by atoms with Crippen molar-refractivity contribution in [1.82, 2.24) is 0 Å². The Balaban J connectivity index is 2.44. The molecule has 3 heteroatoms. The van der Waals surface area contributed by atoms with Gasteiger partial charge in [0.05, 0.1) is 5.69 Å². The molecule has 0 amide bonds. The predicted molar refractivity (Wildman–Crippen MR) is 91.7 cm³/mol. The van der Waals surface area contributed by atoms with Crippen LogP contribution in [0.25, 0.3) is 32.3 Å². The van der Waals surface area contributed by atoms with E-state index < -0.39 is 0 Å². The molecule has 4 N–H and O–H groups in total. The Bertz CT molecular complexity index is 944. The van der Waals surface area contributed by atoms with E-state index in [-0.39, 0.29) is 0 Å². The second-order valence-electron chi connectivity index (χ2n) is 4.85. The zero-order valence-corrected chi connectivity index (χ0v) is 12.2. The van der Waals surface area contributed by atoms with Gasteiger partial charge in [-0.05, 0) is 56.3 Å². The van der Waals surface area contributed by atoms with Gasteiger partial charge in [-0.2, -0.15) is 0 Å². The lowest BCUT2D eigenvalue weighted by Crippen LogP contribution is -1.95. The quantitative estimate of drug-likeness (QED) is 0.279. The first-order chi connectivity index (χ1) is 9.16. The van der Waals surface area contributed by atoms with Crippen molar-refractivity contribution in [3.63, 3.8) is 0 Å². The Hall–Kier alpha value is -1.75. The van der Waals surface area contributed by atoms with Gasteiger partial charge in [0.1, 0.15) is 0 Å². The number of hydrogen-bond acceptors (Lipinski definition) is 2. The number of benzene rings is 4. The summed E-state index contributed by atoms with van der Waals surface area (Å²) in [5.41, 5.74) is 14.0. The first-order valence-corrected chi connectivity index (χ1v) is 7.15. The van der Waals surface area contributed by atoms with Gasteiger partial charge in [-0.3, -0.25) is 0 Å². The van der Waals surface area contributed by atoms with Crippen LogP contribution in [-0.4, -0.2) is 0 Å². The topological polar surface area (TPSA) is 52.0 Å². The summed E-state index contributed by atoms with van der Waals surface area (Å²) >= 11 is 2.29. The van der Waals surface area contributed by atoms with Gasteiger partial charge in [0, 0.05) is 20.0 Å². The Morgan fingerprint density at radius 3 is 2.21 bits per heavy atom. The van der Waals surface area contributed by atoms with Gasteiger partial charge in [-0.15, -0.1) is 0 Å². The Labute approximate surface area is 123 Å². The summed E-state index contributed by atoms with van der Waals surface area (Å²) in [6.45, 7) is 0. The van der Waals surface area contributed by atoms with Gasteiger partial charge >= 0.3 is 0 Å². The number of nitrogens with two attached hydrogens (primary N) is 2. The summed E-state index contributed by atoms with van der Waals surface area (Å²) in [6, 6.07) is 14.6. The first kappa shape index (κ1) is 11.1. The number of rotatable bonds is 0. The van der Waals surface area contributed by atoms with Crippen molar-refractivity contribution in [3.8, 4) is 0 Å². The van der Waals surface area contributed by atoms with Crippen LogP contribution in [0, 0.1) is 3.57 Å². The van der Waals surface area contributed by atoms with Crippen LogP contribution in [0.3, 0.4) is 0 Å². The molecule has 0 aliphatic carbocycles. The van der Waals surface area contributed by atoms with E-state index in [9.17, 15) is 0 Å². The van der Waals surface area contributed by atoms with Crippen LogP contribution in [0.5, 0.6) is 0 Å². The SMILES string of the molecule is Nc1ccc2ccc3c(N)c(I)cc4ccc1c2c43. The molecular formula is C16H11IN2. The molecule has 0 aliphatic heterocycles. The molecule has 0 saturated carbocycles. The summed E-state index contributed by atoms with van der Waals surface area (Å²) in [5, 5.41) is 7.10. The molecule has 2 nitrogen and oxygen atoms in total. The predicted octanol–water partition coefficient (Wildman–Crippen LogP) is 4.35. The second kappa shape index (κ2) is 3.63. The van der Waals surface area contributed by atoms with E-state index in [4.69, 9.17) is 11.5 Å². The normalized spacial score (nSPS) is 11.8. The van der Waals surface area contributed by atoms with E-state index in [2.05, 4.69) is 59.0 Å². The van der Waals surface area contributed by atoms with E-state index in [1.807, 2.05) is 6.07 Å². The lowest BCUT2D eigenvalue weighted by molar-refractivity contribution is 1.71. The van der Waals surface area contributed by atoms with E-state index >= 15 is 0 Å². The van der Waals surface area contributed by atoms with Gasteiger partial charge < -0.3 is 11.5 Å². The lowest BCUT2D eigenvalue weighted by Gasteiger charge is -2.14. The average Bonchev–Trinajstić information content (AvgIpc) is 2.42. The van der Waals surface area contributed by atoms with Crippen molar-refractivity contribution < 1.29 is 0 Å². The average molecular weight is 358 g/mol. The van der Waals surface area contributed by atoms with Gasteiger partial charge in [0.15, 0.2) is 0 Å². The third-order valence-electron chi connectivity index (χ3n) is 3.81. The van der Waals surface area contributed by atoms with Crippen molar-refractivity contribution in [1.29, 1.82) is 0 Å². The number of anilines is 2. The lowest BCUT2D eigenvalue weighted by atomic mass is 9.93. The largest absolute Gasteiger partial charge is 0.398 e. The molecule has 4 aromatic rings. The van der Waals surface area contributed by atoms with Crippen LogP contribution >= 0.6 is 22.6 Å². The Morgan fingerprint density at radius 1 is 0.737 bits per heavy atom. The molecule has 0 saturated heterocycles. The highest BCUT2D eigenvalue weighted by Crippen LogP contribution is 2.40. The van der Waals surface area contributed by atoms with Crippen LogP contribution in [0.2, 0.25) is 0 Å². The maximum absolute atomic E-state index is 6.23. The van der Waals surface area contributed by atoms with Crippen LogP contribution in [-0.2, 0) is 0 Å². The molecule has 0 atom stereocenters. The third kappa shape index (κ3) is 1.36. The summed E-state index contributed by atoms with van der Waals surface area (Å²) in [7, 11) is 0. The maximum atomic E-state index is 6.23. The fraction of sp³-hybridized carbons (Fsp3) is 0. The zero-order chi connectivity index (χ0) is 13.1. The molecule has 0 radical (unpaired) electrons. The zero-order valence-electron chi connectivity index (χ0n) is 10.1. The van der Waals surface area contributed by atoms with E-state index in [0.717, 1.165) is 25.7 Å². The minimum Gasteiger partial charge on any atom is -0.398 e. The highest BCUT2D eigenvalue weighted by atomic mass is 127. The number of hydrogen-bond donors (Lipinski definition) is 2. The van der Waals surface area contributed by atoms with Crippen molar-refractivity contribution in [3.05, 3.63) is 46.0 Å². The summed E-state index contributed by atoms with van der Waals surface area (Å²) < 4.78 is 1.09. The minimum atomic E-state index is 0.819. The highest BCUT2D eigenvalue weighted by Gasteiger charge is 2.12. The van der Waals surface area contributed by atoms with Gasteiger partial charge in [-0.1, -0.05) is 30.3 Å². The van der Waals surface area contributed by atoms with Gasteiger partial charge in [0.25, 0.3) is 0 Å². The van der Waals surface area contributed by atoms with E-state index in [1.54, 1.807) is 0 Å². The van der Waals surface area contributed by atoms with Gasteiger partial charge in [0.2, 0.25) is 0 Å². The van der Waals surface area contributed by atoms with Crippen molar-refractivity contribution in [2.75, 3.05) is 11.5 Å². The molecule has 4 aromatic carbocycles. The first-order valence-electron chi connectivity index (χ1n) is 6.08. The molecule has 4 rings (SSSR count). The van der Waals surface area contributed by atoms with E-state index in [1.165, 1.54) is 21.5 Å². The van der Waals surface area contributed by atoms with E-state index in [0.29, 0.717) is 0 Å². The second-order valence-corrected chi connectivity index (χ2v) is 6.01. The fourth-order valence-corrected chi connectivity index (χ4v) is 3.51. The molecule has 92 valence electrons. The molecule has 0 fully saturated rings.